The molecule has 1 aromatic carbocycles. The molecule has 0 aliphatic carbocycles. The summed E-state index contributed by atoms with van der Waals surface area (Å²) < 4.78 is 4.09. The van der Waals surface area contributed by atoms with E-state index in [0.717, 1.165) is 34.0 Å². The Labute approximate surface area is 162 Å². The zero-order valence-corrected chi connectivity index (χ0v) is 16.4. The maximum atomic E-state index is 11.9. The first-order chi connectivity index (χ1) is 12.9. The second-order valence-corrected chi connectivity index (χ2v) is 7.37. The van der Waals surface area contributed by atoms with Crippen molar-refractivity contribution in [3.8, 4) is 5.69 Å². The van der Waals surface area contributed by atoms with Gasteiger partial charge in [-0.15, -0.1) is 10.2 Å². The van der Waals surface area contributed by atoms with Crippen molar-refractivity contribution in [2.75, 3.05) is 0 Å². The lowest BCUT2D eigenvalue weighted by Gasteiger charge is -2.11. The Kier molecular flexibility index (Phi) is 4.23. The summed E-state index contributed by atoms with van der Waals surface area (Å²) in [7, 11) is 2.01. The molecule has 1 aliphatic rings. The number of halogens is 1. The van der Waals surface area contributed by atoms with Crippen molar-refractivity contribution in [1.82, 2.24) is 19.3 Å². The van der Waals surface area contributed by atoms with Crippen LogP contribution in [0.15, 0.2) is 35.5 Å². The highest BCUT2D eigenvalue weighted by molar-refractivity contribution is 6.30. The molecule has 0 spiro atoms. The minimum atomic E-state index is -0.383. The Hall–Kier alpha value is -2.73. The van der Waals surface area contributed by atoms with Gasteiger partial charge < -0.3 is 4.57 Å². The Morgan fingerprint density at radius 2 is 1.89 bits per heavy atom. The van der Waals surface area contributed by atoms with Crippen LogP contribution in [-0.4, -0.2) is 30.8 Å². The average Bonchev–Trinajstić information content (AvgIpc) is 3.08. The number of rotatable bonds is 3. The average molecular weight is 382 g/mol. The molecule has 3 heterocycles. The van der Waals surface area contributed by atoms with E-state index in [4.69, 9.17) is 16.6 Å². The molecule has 2 aromatic heterocycles. The lowest BCUT2D eigenvalue weighted by atomic mass is 10.0. The summed E-state index contributed by atoms with van der Waals surface area (Å²) in [5.41, 5.74) is 4.89. The van der Waals surface area contributed by atoms with E-state index < -0.39 is 0 Å². The SMILES string of the molecule is CC(=O)C[C@@H]1N=C(c2ccc(Cl)cc2)c2c(cn(C)c2C)-n2c(C)nnc21. The van der Waals surface area contributed by atoms with Gasteiger partial charge in [-0.05, 0) is 32.9 Å². The summed E-state index contributed by atoms with van der Waals surface area (Å²) >= 11 is 6.08. The number of aryl methyl sites for hydroxylation is 2. The second-order valence-electron chi connectivity index (χ2n) is 6.93. The van der Waals surface area contributed by atoms with E-state index in [1.807, 2.05) is 42.8 Å². The number of aromatic nitrogens is 4. The van der Waals surface area contributed by atoms with Gasteiger partial charge in [-0.1, -0.05) is 23.7 Å². The normalized spacial score (nSPS) is 15.7. The topological polar surface area (TPSA) is 65.1 Å². The number of aliphatic imine (C=N–C) groups is 1. The molecule has 0 unspecified atom stereocenters. The number of Topliss-reactive ketones (excluding diaryl/α,β-unsaturated/α-hetero) is 1. The largest absolute Gasteiger partial charge is 0.352 e. The molecule has 4 rings (SSSR count). The molecule has 3 aromatic rings. The minimum Gasteiger partial charge on any atom is -0.352 e. The first-order valence-electron chi connectivity index (χ1n) is 8.78. The standard InChI is InChI=1S/C20H20ClN5O/c1-11(27)9-16-20-24-23-13(3)26(20)17-10-25(4)12(2)18(17)19(22-16)14-5-7-15(21)8-6-14/h5-8,10,16H,9H2,1-4H3/t16-/m0/s1. The zero-order chi connectivity index (χ0) is 19.3. The molecular weight excluding hydrogens is 362 g/mol. The summed E-state index contributed by atoms with van der Waals surface area (Å²) in [6, 6.07) is 7.25. The maximum absolute atomic E-state index is 11.9. The fourth-order valence-electron chi connectivity index (χ4n) is 3.57. The predicted octanol–water partition coefficient (Wildman–Crippen LogP) is 3.75. The molecule has 0 saturated carbocycles. The molecule has 7 heteroatoms. The maximum Gasteiger partial charge on any atom is 0.163 e. The van der Waals surface area contributed by atoms with E-state index in [0.29, 0.717) is 10.8 Å². The van der Waals surface area contributed by atoms with Gasteiger partial charge in [-0.25, -0.2) is 0 Å². The fourth-order valence-corrected chi connectivity index (χ4v) is 3.70. The van der Waals surface area contributed by atoms with E-state index in [2.05, 4.69) is 27.9 Å². The number of ketones is 1. The van der Waals surface area contributed by atoms with E-state index in [1.165, 1.54) is 0 Å². The van der Waals surface area contributed by atoms with Gasteiger partial charge in [-0.2, -0.15) is 0 Å². The third kappa shape index (κ3) is 2.90. The molecule has 0 amide bonds. The third-order valence-electron chi connectivity index (χ3n) is 4.97. The van der Waals surface area contributed by atoms with Crippen LogP contribution in [0.3, 0.4) is 0 Å². The summed E-state index contributed by atoms with van der Waals surface area (Å²) in [6.07, 6.45) is 2.34. The molecule has 1 atom stereocenters. The van der Waals surface area contributed by atoms with Gasteiger partial charge in [0.05, 0.1) is 11.4 Å². The highest BCUT2D eigenvalue weighted by Crippen LogP contribution is 2.34. The molecule has 138 valence electrons. The van der Waals surface area contributed by atoms with E-state index >= 15 is 0 Å². The summed E-state index contributed by atoms with van der Waals surface area (Å²) in [4.78, 5) is 16.9. The Bertz CT molecular complexity index is 1070. The number of carbonyl (C=O) groups is 1. The van der Waals surface area contributed by atoms with Crippen molar-refractivity contribution in [2.24, 2.45) is 12.0 Å². The lowest BCUT2D eigenvalue weighted by Crippen LogP contribution is -2.10. The molecule has 0 N–H and O–H groups in total. The van der Waals surface area contributed by atoms with Crippen LogP contribution in [0.5, 0.6) is 0 Å². The van der Waals surface area contributed by atoms with Gasteiger partial charge >= 0.3 is 0 Å². The van der Waals surface area contributed by atoms with Crippen molar-refractivity contribution >= 4 is 23.1 Å². The molecule has 6 nitrogen and oxygen atoms in total. The molecule has 0 saturated heterocycles. The van der Waals surface area contributed by atoms with Crippen LogP contribution in [0.4, 0.5) is 0 Å². The van der Waals surface area contributed by atoms with Crippen molar-refractivity contribution in [3.63, 3.8) is 0 Å². The Morgan fingerprint density at radius 3 is 2.56 bits per heavy atom. The molecule has 0 radical (unpaired) electrons. The fraction of sp³-hybridized carbons (Fsp3) is 0.300. The van der Waals surface area contributed by atoms with Crippen LogP contribution in [-0.2, 0) is 11.8 Å². The monoisotopic (exact) mass is 381 g/mol. The number of carbonyl (C=O) groups excluding carboxylic acids is 1. The second kappa shape index (κ2) is 6.46. The van der Waals surface area contributed by atoms with Crippen molar-refractivity contribution < 1.29 is 4.79 Å². The highest BCUT2D eigenvalue weighted by Gasteiger charge is 2.31. The summed E-state index contributed by atoms with van der Waals surface area (Å²) in [6.45, 7) is 5.56. The van der Waals surface area contributed by atoms with E-state index in [9.17, 15) is 4.79 Å². The van der Waals surface area contributed by atoms with Gasteiger partial charge in [0.1, 0.15) is 17.6 Å². The smallest absolute Gasteiger partial charge is 0.163 e. The van der Waals surface area contributed by atoms with Gasteiger partial charge in [0.25, 0.3) is 0 Å². The van der Waals surface area contributed by atoms with Gasteiger partial charge in [0.2, 0.25) is 0 Å². The van der Waals surface area contributed by atoms with Crippen LogP contribution < -0.4 is 0 Å². The van der Waals surface area contributed by atoms with Crippen LogP contribution >= 0.6 is 11.6 Å². The van der Waals surface area contributed by atoms with Gasteiger partial charge in [0, 0.05) is 41.5 Å². The van der Waals surface area contributed by atoms with Gasteiger partial charge in [0.15, 0.2) is 5.82 Å². The highest BCUT2D eigenvalue weighted by atomic mass is 35.5. The molecular formula is C20H20ClN5O. The molecule has 0 fully saturated rings. The Morgan fingerprint density at radius 1 is 1.19 bits per heavy atom. The van der Waals surface area contributed by atoms with Crippen molar-refractivity contribution in [2.45, 2.75) is 33.2 Å². The first-order valence-corrected chi connectivity index (χ1v) is 9.16. The minimum absolute atomic E-state index is 0.0651. The third-order valence-corrected chi connectivity index (χ3v) is 5.22. The van der Waals surface area contributed by atoms with Crippen molar-refractivity contribution in [3.05, 3.63) is 64.0 Å². The lowest BCUT2D eigenvalue weighted by molar-refractivity contribution is -0.117. The van der Waals surface area contributed by atoms with E-state index in [1.54, 1.807) is 6.92 Å². The molecule has 27 heavy (non-hydrogen) atoms. The molecule has 0 bridgehead atoms. The van der Waals surface area contributed by atoms with Crippen LogP contribution in [0.1, 0.15) is 47.9 Å². The molecule has 1 aliphatic heterocycles. The van der Waals surface area contributed by atoms with Gasteiger partial charge in [-0.3, -0.25) is 14.4 Å². The quantitative estimate of drug-likeness (QED) is 0.694. The number of fused-ring (bicyclic) bond motifs is 3. The summed E-state index contributed by atoms with van der Waals surface area (Å²) in [5, 5.41) is 9.28. The van der Waals surface area contributed by atoms with Crippen molar-refractivity contribution in [1.29, 1.82) is 0 Å². The first kappa shape index (κ1) is 17.7. The van der Waals surface area contributed by atoms with Crippen LogP contribution in [0, 0.1) is 13.8 Å². The zero-order valence-electron chi connectivity index (χ0n) is 15.7. The number of hydrogen-bond acceptors (Lipinski definition) is 4. The summed E-state index contributed by atoms with van der Waals surface area (Å²) in [5.74, 6) is 1.53. The predicted molar refractivity (Wildman–Crippen MR) is 105 cm³/mol. The number of hydrogen-bond donors (Lipinski definition) is 0. The Balaban J connectivity index is 2.04. The number of nitrogens with zero attached hydrogens (tertiary/aromatic N) is 5. The van der Waals surface area contributed by atoms with E-state index in [-0.39, 0.29) is 18.2 Å². The van der Waals surface area contributed by atoms with Crippen LogP contribution in [0.2, 0.25) is 5.02 Å². The number of benzene rings is 1. The van der Waals surface area contributed by atoms with Crippen LogP contribution in [0.25, 0.3) is 5.69 Å².